The molecule has 0 aliphatic rings. The number of carbonyl (C=O) groups excluding carboxylic acids is 2. The number of carbonyl (C=O) groups is 2. The van der Waals surface area contributed by atoms with Crippen molar-refractivity contribution in [2.24, 2.45) is 5.41 Å². The molecule has 0 spiro atoms. The Bertz CT molecular complexity index is 377. The molecule has 0 bridgehead atoms. The van der Waals surface area contributed by atoms with Gasteiger partial charge in [0.15, 0.2) is 0 Å². The van der Waals surface area contributed by atoms with Crippen LogP contribution in [0.4, 0.5) is 0 Å². The van der Waals surface area contributed by atoms with Crippen molar-refractivity contribution in [3.05, 3.63) is 24.3 Å². The normalized spacial score (nSPS) is 10.4. The summed E-state index contributed by atoms with van der Waals surface area (Å²) in [6.45, 7) is 13.0. The lowest BCUT2D eigenvalue weighted by Crippen LogP contribution is -2.25. The molecule has 0 fully saturated rings. The Morgan fingerprint density at radius 2 is 1.26 bits per heavy atom. The molecule has 0 aromatic carbocycles. The molecule has 0 heterocycles. The lowest BCUT2D eigenvalue weighted by atomic mass is 9.97. The maximum atomic E-state index is 10.9. The highest BCUT2D eigenvalue weighted by Gasteiger charge is 2.13. The second kappa shape index (κ2) is 11.8. The third-order valence-electron chi connectivity index (χ3n) is 2.37. The van der Waals surface area contributed by atoms with Crippen LogP contribution in [0.1, 0.15) is 27.7 Å². The fourth-order valence-electron chi connectivity index (χ4n) is 0.688. The van der Waals surface area contributed by atoms with E-state index in [-0.39, 0.29) is 43.0 Å². The Morgan fingerprint density at radius 1 is 0.957 bits per heavy atom. The third-order valence-corrected chi connectivity index (χ3v) is 2.37. The Morgan fingerprint density at radius 3 is 1.43 bits per heavy atom. The average molecular weight is 332 g/mol. The summed E-state index contributed by atoms with van der Waals surface area (Å²) in [5.41, 5.74) is 0.178. The molecular formula is C16H28O7. The van der Waals surface area contributed by atoms with Gasteiger partial charge >= 0.3 is 11.9 Å². The second-order valence-electron chi connectivity index (χ2n) is 5.89. The van der Waals surface area contributed by atoms with Crippen LogP contribution in [0.25, 0.3) is 0 Å². The first-order valence-electron chi connectivity index (χ1n) is 7.02. The molecule has 0 saturated heterocycles. The van der Waals surface area contributed by atoms with E-state index in [1.54, 1.807) is 13.8 Å². The summed E-state index contributed by atoms with van der Waals surface area (Å²) >= 11 is 0. The molecule has 0 amide bonds. The van der Waals surface area contributed by atoms with Crippen LogP contribution in [0, 0.1) is 5.41 Å². The summed E-state index contributed by atoms with van der Waals surface area (Å²) in [7, 11) is 0. The van der Waals surface area contributed by atoms with Gasteiger partial charge in [-0.1, -0.05) is 27.0 Å². The van der Waals surface area contributed by atoms with E-state index in [1.165, 1.54) is 13.8 Å². The topological polar surface area (TPSA) is 113 Å². The van der Waals surface area contributed by atoms with Gasteiger partial charge < -0.3 is 24.8 Å². The first-order valence-corrected chi connectivity index (χ1v) is 7.02. The fourth-order valence-corrected chi connectivity index (χ4v) is 0.688. The standard InChI is InChI=1S/C11H16O5.C5H12O2/c1-7(2)10(13)15-5-9(12)6-16-11(14)8(3)4;1-5(2,3-6)4-7/h9,12H,1,3,5-6H2,2,4H3;6-7H,3-4H2,1-2H3. The Labute approximate surface area is 137 Å². The van der Waals surface area contributed by atoms with Crippen LogP contribution < -0.4 is 0 Å². The molecule has 0 aromatic rings. The van der Waals surface area contributed by atoms with Crippen molar-refractivity contribution in [2.45, 2.75) is 33.8 Å². The van der Waals surface area contributed by atoms with Crippen LogP contribution in [0.5, 0.6) is 0 Å². The van der Waals surface area contributed by atoms with Gasteiger partial charge in [0, 0.05) is 16.6 Å². The first kappa shape index (κ1) is 23.6. The minimum absolute atomic E-state index is 0.0451. The van der Waals surface area contributed by atoms with E-state index in [2.05, 4.69) is 22.6 Å². The Hall–Kier alpha value is -1.70. The van der Waals surface area contributed by atoms with Gasteiger partial charge in [-0.25, -0.2) is 9.59 Å². The minimum Gasteiger partial charge on any atom is -0.459 e. The van der Waals surface area contributed by atoms with Gasteiger partial charge in [-0.2, -0.15) is 0 Å². The number of aliphatic hydroxyl groups is 3. The van der Waals surface area contributed by atoms with Gasteiger partial charge in [0.2, 0.25) is 0 Å². The summed E-state index contributed by atoms with van der Waals surface area (Å²) in [5, 5.41) is 26.2. The van der Waals surface area contributed by atoms with Gasteiger partial charge in [-0.05, 0) is 13.8 Å². The molecule has 7 heteroatoms. The molecule has 3 N–H and O–H groups in total. The van der Waals surface area contributed by atoms with Crippen molar-refractivity contribution >= 4 is 11.9 Å². The molecule has 0 radical (unpaired) electrons. The monoisotopic (exact) mass is 332 g/mol. The molecule has 0 aromatic heterocycles. The van der Waals surface area contributed by atoms with Gasteiger partial charge in [0.05, 0.1) is 13.2 Å². The summed E-state index contributed by atoms with van der Waals surface area (Å²) in [5.74, 6) is -1.18. The fraction of sp³-hybridized carbons (Fsp3) is 0.625. The van der Waals surface area contributed by atoms with Crippen LogP contribution in [0.15, 0.2) is 24.3 Å². The lowest BCUT2D eigenvalue weighted by Gasteiger charge is -2.16. The molecule has 134 valence electrons. The molecule has 0 aliphatic heterocycles. The SMILES string of the molecule is C=C(C)C(=O)OCC(O)COC(=O)C(=C)C.CC(C)(CO)CO. The van der Waals surface area contributed by atoms with Crippen molar-refractivity contribution in [1.82, 2.24) is 0 Å². The number of hydrogen-bond acceptors (Lipinski definition) is 7. The van der Waals surface area contributed by atoms with Crippen LogP contribution in [0.3, 0.4) is 0 Å². The second-order valence-corrected chi connectivity index (χ2v) is 5.89. The number of hydrogen-bond donors (Lipinski definition) is 3. The summed E-state index contributed by atoms with van der Waals surface area (Å²) < 4.78 is 9.31. The predicted molar refractivity (Wildman–Crippen MR) is 85.5 cm³/mol. The van der Waals surface area contributed by atoms with E-state index >= 15 is 0 Å². The Kier molecular flexibility index (Phi) is 12.1. The van der Waals surface area contributed by atoms with Gasteiger partial charge in [-0.15, -0.1) is 0 Å². The van der Waals surface area contributed by atoms with Crippen LogP contribution in [-0.4, -0.2) is 59.8 Å². The molecular weight excluding hydrogens is 304 g/mol. The zero-order valence-electron chi connectivity index (χ0n) is 14.3. The van der Waals surface area contributed by atoms with Crippen molar-refractivity contribution in [3.63, 3.8) is 0 Å². The van der Waals surface area contributed by atoms with E-state index in [1.807, 2.05) is 0 Å². The number of ether oxygens (including phenoxy) is 2. The average Bonchev–Trinajstić information content (AvgIpc) is 2.50. The zero-order valence-corrected chi connectivity index (χ0v) is 14.3. The largest absolute Gasteiger partial charge is 0.459 e. The highest BCUT2D eigenvalue weighted by Crippen LogP contribution is 2.10. The third kappa shape index (κ3) is 13.7. The van der Waals surface area contributed by atoms with Gasteiger partial charge in [-0.3, -0.25) is 0 Å². The molecule has 0 rings (SSSR count). The molecule has 0 unspecified atom stereocenters. The van der Waals surface area contributed by atoms with E-state index in [9.17, 15) is 14.7 Å². The Balaban J connectivity index is 0. The van der Waals surface area contributed by atoms with Crippen molar-refractivity contribution in [2.75, 3.05) is 26.4 Å². The quantitative estimate of drug-likeness (QED) is 0.440. The van der Waals surface area contributed by atoms with Crippen LogP contribution in [0.2, 0.25) is 0 Å². The van der Waals surface area contributed by atoms with E-state index in [0.717, 1.165) is 0 Å². The minimum atomic E-state index is -1.05. The summed E-state index contributed by atoms with van der Waals surface area (Å²) in [6, 6.07) is 0. The van der Waals surface area contributed by atoms with Crippen molar-refractivity contribution in [3.8, 4) is 0 Å². The zero-order chi connectivity index (χ0) is 18.6. The summed E-state index contributed by atoms with van der Waals surface area (Å²) in [6.07, 6.45) is -1.05. The van der Waals surface area contributed by atoms with Gasteiger partial charge in [0.1, 0.15) is 19.3 Å². The van der Waals surface area contributed by atoms with Crippen LogP contribution in [-0.2, 0) is 19.1 Å². The predicted octanol–water partition coefficient (Wildman–Crippen LogP) is 0.583. The molecule has 7 nitrogen and oxygen atoms in total. The number of aliphatic hydroxyl groups excluding tert-OH is 3. The highest BCUT2D eigenvalue weighted by atomic mass is 16.6. The number of esters is 2. The van der Waals surface area contributed by atoms with E-state index < -0.39 is 18.0 Å². The van der Waals surface area contributed by atoms with Gasteiger partial charge in [0.25, 0.3) is 0 Å². The van der Waals surface area contributed by atoms with Crippen molar-refractivity contribution < 1.29 is 34.4 Å². The summed E-state index contributed by atoms with van der Waals surface area (Å²) in [4.78, 5) is 21.9. The molecule has 0 saturated carbocycles. The molecule has 23 heavy (non-hydrogen) atoms. The first-order chi connectivity index (χ1) is 10.5. The number of rotatable bonds is 8. The highest BCUT2D eigenvalue weighted by molar-refractivity contribution is 5.87. The smallest absolute Gasteiger partial charge is 0.333 e. The van der Waals surface area contributed by atoms with E-state index in [4.69, 9.17) is 10.2 Å². The van der Waals surface area contributed by atoms with E-state index in [0.29, 0.717) is 0 Å². The maximum Gasteiger partial charge on any atom is 0.333 e. The molecule has 0 aliphatic carbocycles. The van der Waals surface area contributed by atoms with Crippen molar-refractivity contribution in [1.29, 1.82) is 0 Å². The lowest BCUT2D eigenvalue weighted by molar-refractivity contribution is -0.147. The van der Waals surface area contributed by atoms with Crippen LogP contribution >= 0.6 is 0 Å². The molecule has 0 atom stereocenters. The maximum absolute atomic E-state index is 10.9.